The highest BCUT2D eigenvalue weighted by molar-refractivity contribution is 5.66. The molecule has 14 nitrogen and oxygen atoms in total. The average molecular weight is 611 g/mol. The van der Waals surface area contributed by atoms with Gasteiger partial charge in [0, 0.05) is 52.4 Å². The second-order valence-corrected chi connectivity index (χ2v) is 10.6. The summed E-state index contributed by atoms with van der Waals surface area (Å²) in [5.41, 5.74) is -0.410. The third kappa shape index (κ3) is 4.35. The summed E-state index contributed by atoms with van der Waals surface area (Å²) in [7, 11) is 0. The number of hydrogen-bond acceptors (Lipinski definition) is 14. The number of aromatic hydroxyl groups is 10. The van der Waals surface area contributed by atoms with Crippen molar-refractivity contribution in [1.82, 2.24) is 0 Å². The second-order valence-electron chi connectivity index (χ2n) is 10.6. The standard InChI is InChI=1S/C30H26O14/c31-11-5-14(33)22-21(6-11)43-29(10-3-18(37)26(41)19(38)4-10)27(42)24(22)23-15(34)8-13(32)12-7-20(39)28(44-30(12)23)9-1-16(35)25(40)17(36)2-9/h1-6,8,20,24,27-29,31-42H,7H2/t20-,24?,27+,28-,29-/m1/s1. The van der Waals surface area contributed by atoms with Gasteiger partial charge < -0.3 is 70.8 Å². The van der Waals surface area contributed by atoms with E-state index in [4.69, 9.17) is 9.47 Å². The maximum atomic E-state index is 11.8. The van der Waals surface area contributed by atoms with Gasteiger partial charge in [0.1, 0.15) is 40.6 Å². The van der Waals surface area contributed by atoms with Crippen molar-refractivity contribution in [3.05, 3.63) is 70.3 Å². The Labute approximate surface area is 247 Å². The number of hydrogen-bond donors (Lipinski definition) is 12. The number of phenols is 10. The van der Waals surface area contributed by atoms with Gasteiger partial charge in [0.05, 0.1) is 12.0 Å². The van der Waals surface area contributed by atoms with Crippen LogP contribution in [-0.4, -0.2) is 73.5 Å². The molecule has 4 aromatic rings. The highest BCUT2D eigenvalue weighted by Crippen LogP contribution is 2.57. The van der Waals surface area contributed by atoms with Crippen molar-refractivity contribution in [2.45, 2.75) is 36.8 Å². The summed E-state index contributed by atoms with van der Waals surface area (Å²) in [6.45, 7) is 0. The molecule has 1 unspecified atom stereocenters. The molecule has 0 aromatic heterocycles. The number of phenolic OH excluding ortho intramolecular Hbond substituents is 10. The van der Waals surface area contributed by atoms with Crippen LogP contribution in [0.1, 0.15) is 45.9 Å². The lowest BCUT2D eigenvalue weighted by atomic mass is 9.77. The molecule has 44 heavy (non-hydrogen) atoms. The van der Waals surface area contributed by atoms with E-state index in [9.17, 15) is 61.3 Å². The molecule has 2 aliphatic rings. The van der Waals surface area contributed by atoms with Gasteiger partial charge in [-0.3, -0.25) is 0 Å². The molecule has 0 spiro atoms. The summed E-state index contributed by atoms with van der Waals surface area (Å²) in [5, 5.41) is 126. The number of fused-ring (bicyclic) bond motifs is 2. The van der Waals surface area contributed by atoms with Crippen molar-refractivity contribution in [3.8, 4) is 69.0 Å². The van der Waals surface area contributed by atoms with Crippen LogP contribution in [0.25, 0.3) is 0 Å². The molecule has 5 atom stereocenters. The second kappa shape index (κ2) is 10.00. The molecule has 0 bridgehead atoms. The van der Waals surface area contributed by atoms with Crippen LogP contribution < -0.4 is 9.47 Å². The lowest BCUT2D eigenvalue weighted by Gasteiger charge is -2.40. The van der Waals surface area contributed by atoms with E-state index in [1.807, 2.05) is 0 Å². The fourth-order valence-electron chi connectivity index (χ4n) is 5.85. The van der Waals surface area contributed by atoms with Gasteiger partial charge in [0.2, 0.25) is 0 Å². The highest BCUT2D eigenvalue weighted by atomic mass is 16.5. The minimum Gasteiger partial charge on any atom is -0.508 e. The molecule has 4 aromatic carbocycles. The monoisotopic (exact) mass is 610 g/mol. The van der Waals surface area contributed by atoms with Crippen LogP contribution in [0.4, 0.5) is 0 Å². The van der Waals surface area contributed by atoms with Crippen molar-refractivity contribution >= 4 is 0 Å². The van der Waals surface area contributed by atoms with Gasteiger partial charge in [0.25, 0.3) is 0 Å². The quantitative estimate of drug-likeness (QED) is 0.149. The van der Waals surface area contributed by atoms with E-state index < -0.39 is 87.8 Å². The zero-order chi connectivity index (χ0) is 31.8. The number of ether oxygens (including phenoxy) is 2. The predicted molar refractivity (Wildman–Crippen MR) is 147 cm³/mol. The first-order chi connectivity index (χ1) is 20.8. The summed E-state index contributed by atoms with van der Waals surface area (Å²) < 4.78 is 12.0. The fourth-order valence-corrected chi connectivity index (χ4v) is 5.85. The zero-order valence-electron chi connectivity index (χ0n) is 22.3. The SMILES string of the molecule is Oc1cc(O)c2c(c1)O[C@H](c1cc(O)c(O)c(O)c1)[C@@H](O)C2c1c(O)cc(O)c2c1O[C@H](c1cc(O)c(O)c(O)c1)[C@H](O)C2. The Bertz CT molecular complexity index is 1770. The van der Waals surface area contributed by atoms with Crippen LogP contribution in [0.3, 0.4) is 0 Å². The molecule has 230 valence electrons. The first-order valence-electron chi connectivity index (χ1n) is 13.1. The van der Waals surface area contributed by atoms with Crippen molar-refractivity contribution in [1.29, 1.82) is 0 Å². The summed E-state index contributed by atoms with van der Waals surface area (Å²) in [5.74, 6) is -8.60. The highest BCUT2D eigenvalue weighted by Gasteiger charge is 2.46. The van der Waals surface area contributed by atoms with E-state index in [-0.39, 0.29) is 45.7 Å². The Morgan fingerprint density at radius 3 is 1.61 bits per heavy atom. The Balaban J connectivity index is 1.56. The topological polar surface area (TPSA) is 261 Å². The molecule has 12 N–H and O–H groups in total. The van der Waals surface area contributed by atoms with E-state index in [2.05, 4.69) is 0 Å². The molecule has 0 saturated carbocycles. The van der Waals surface area contributed by atoms with Gasteiger partial charge in [0.15, 0.2) is 46.7 Å². The minimum absolute atomic E-state index is 0.00153. The van der Waals surface area contributed by atoms with E-state index >= 15 is 0 Å². The molecule has 14 heteroatoms. The lowest BCUT2D eigenvalue weighted by molar-refractivity contribution is 0.00106. The molecule has 0 aliphatic carbocycles. The van der Waals surface area contributed by atoms with Gasteiger partial charge in [-0.25, -0.2) is 0 Å². The minimum atomic E-state index is -1.75. The third-order valence-electron chi connectivity index (χ3n) is 7.86. The molecule has 2 aliphatic heterocycles. The van der Waals surface area contributed by atoms with Crippen LogP contribution in [0.15, 0.2) is 42.5 Å². The lowest BCUT2D eigenvalue weighted by Crippen LogP contribution is -2.36. The van der Waals surface area contributed by atoms with Crippen molar-refractivity contribution in [3.63, 3.8) is 0 Å². The van der Waals surface area contributed by atoms with Gasteiger partial charge in [-0.1, -0.05) is 0 Å². The summed E-state index contributed by atoms with van der Waals surface area (Å²) in [6, 6.07) is 7.08. The zero-order valence-corrected chi connectivity index (χ0v) is 22.3. The number of rotatable bonds is 3. The van der Waals surface area contributed by atoms with Crippen LogP contribution in [0.2, 0.25) is 0 Å². The number of aliphatic hydroxyl groups excluding tert-OH is 2. The van der Waals surface area contributed by atoms with E-state index in [1.165, 1.54) is 0 Å². The number of aliphatic hydroxyl groups is 2. The Kier molecular flexibility index (Phi) is 6.48. The summed E-state index contributed by atoms with van der Waals surface area (Å²) in [6.07, 6.45) is -6.26. The average Bonchev–Trinajstić information content (AvgIpc) is 2.95. The predicted octanol–water partition coefficient (Wildman–Crippen LogP) is 2.41. The first kappa shape index (κ1) is 28.5. The Hall–Kier alpha value is -5.60. The molecular weight excluding hydrogens is 584 g/mol. The first-order valence-corrected chi connectivity index (χ1v) is 13.1. The largest absolute Gasteiger partial charge is 0.508 e. The maximum Gasteiger partial charge on any atom is 0.200 e. The molecular formula is C30H26O14. The molecule has 0 saturated heterocycles. The molecule has 0 radical (unpaired) electrons. The van der Waals surface area contributed by atoms with Gasteiger partial charge in [-0.05, 0) is 24.3 Å². The maximum absolute atomic E-state index is 11.8. The Morgan fingerprint density at radius 1 is 0.523 bits per heavy atom. The molecule has 0 amide bonds. The number of benzene rings is 4. The van der Waals surface area contributed by atoms with Crippen LogP contribution >= 0.6 is 0 Å². The molecule has 6 rings (SSSR count). The molecule has 2 heterocycles. The van der Waals surface area contributed by atoms with Crippen LogP contribution in [-0.2, 0) is 6.42 Å². The van der Waals surface area contributed by atoms with E-state index in [0.29, 0.717) is 0 Å². The third-order valence-corrected chi connectivity index (χ3v) is 7.86. The Morgan fingerprint density at radius 2 is 1.05 bits per heavy atom. The van der Waals surface area contributed by atoms with Crippen LogP contribution in [0.5, 0.6) is 69.0 Å². The van der Waals surface area contributed by atoms with Gasteiger partial charge in [-0.15, -0.1) is 0 Å². The fraction of sp³-hybridized carbons (Fsp3) is 0.200. The van der Waals surface area contributed by atoms with Gasteiger partial charge >= 0.3 is 0 Å². The smallest absolute Gasteiger partial charge is 0.200 e. The molecule has 0 fully saturated rings. The summed E-state index contributed by atoms with van der Waals surface area (Å²) >= 11 is 0. The van der Waals surface area contributed by atoms with Crippen molar-refractivity contribution in [2.75, 3.05) is 0 Å². The normalized spacial score (nSPS) is 22.4. The van der Waals surface area contributed by atoms with E-state index in [0.717, 1.165) is 42.5 Å². The van der Waals surface area contributed by atoms with Crippen LogP contribution in [0, 0.1) is 0 Å². The van der Waals surface area contributed by atoms with E-state index in [1.54, 1.807) is 0 Å². The van der Waals surface area contributed by atoms with Crippen molar-refractivity contribution < 1.29 is 70.8 Å². The summed E-state index contributed by atoms with van der Waals surface area (Å²) in [4.78, 5) is 0. The van der Waals surface area contributed by atoms with Crippen molar-refractivity contribution in [2.24, 2.45) is 0 Å². The van der Waals surface area contributed by atoms with Gasteiger partial charge in [-0.2, -0.15) is 0 Å².